The SMILES string of the molecule is CCOCc1cnc(-c2ccccc2)[nH]c1=O. The number of ether oxygens (including phenoxy) is 1. The Balaban J connectivity index is 2.28. The van der Waals surface area contributed by atoms with Crippen molar-refractivity contribution in [3.63, 3.8) is 0 Å². The molecule has 4 heteroatoms. The van der Waals surface area contributed by atoms with Crippen molar-refractivity contribution in [1.82, 2.24) is 9.97 Å². The molecule has 88 valence electrons. The number of hydrogen-bond donors (Lipinski definition) is 1. The molecule has 0 unspecified atom stereocenters. The minimum atomic E-state index is -0.146. The van der Waals surface area contributed by atoms with Crippen LogP contribution in [0.1, 0.15) is 12.5 Å². The van der Waals surface area contributed by atoms with Crippen molar-refractivity contribution in [3.8, 4) is 11.4 Å². The maximum Gasteiger partial charge on any atom is 0.256 e. The Morgan fingerprint density at radius 3 is 2.71 bits per heavy atom. The third kappa shape index (κ3) is 2.79. The fraction of sp³-hybridized carbons (Fsp3) is 0.231. The fourth-order valence-electron chi connectivity index (χ4n) is 1.48. The minimum Gasteiger partial charge on any atom is -0.377 e. The van der Waals surface area contributed by atoms with Gasteiger partial charge in [-0.2, -0.15) is 0 Å². The molecule has 0 bridgehead atoms. The Bertz CT molecular complexity index is 535. The van der Waals surface area contributed by atoms with Crippen molar-refractivity contribution < 1.29 is 4.74 Å². The molecule has 17 heavy (non-hydrogen) atoms. The third-order valence-electron chi connectivity index (χ3n) is 2.38. The van der Waals surface area contributed by atoms with Crippen LogP contribution in [0.4, 0.5) is 0 Å². The number of hydrogen-bond acceptors (Lipinski definition) is 3. The molecular formula is C13H14N2O2. The van der Waals surface area contributed by atoms with E-state index in [2.05, 4.69) is 9.97 Å². The van der Waals surface area contributed by atoms with Crippen LogP contribution in [-0.2, 0) is 11.3 Å². The van der Waals surface area contributed by atoms with Crippen molar-refractivity contribution in [2.75, 3.05) is 6.61 Å². The molecule has 0 radical (unpaired) electrons. The maximum absolute atomic E-state index is 11.7. The van der Waals surface area contributed by atoms with Gasteiger partial charge in [-0.1, -0.05) is 30.3 Å². The molecule has 1 aromatic carbocycles. The topological polar surface area (TPSA) is 55.0 Å². The van der Waals surface area contributed by atoms with E-state index in [1.165, 1.54) is 0 Å². The standard InChI is InChI=1S/C13H14N2O2/c1-2-17-9-11-8-14-12(15-13(11)16)10-6-4-3-5-7-10/h3-8H,2,9H2,1H3,(H,14,15,16). The third-order valence-corrected chi connectivity index (χ3v) is 2.38. The predicted molar refractivity (Wildman–Crippen MR) is 65.6 cm³/mol. The summed E-state index contributed by atoms with van der Waals surface area (Å²) >= 11 is 0. The average Bonchev–Trinajstić information content (AvgIpc) is 2.38. The van der Waals surface area contributed by atoms with Crippen LogP contribution < -0.4 is 5.56 Å². The number of aromatic amines is 1. The Kier molecular flexibility index (Phi) is 3.67. The Labute approximate surface area is 99.3 Å². The lowest BCUT2D eigenvalue weighted by atomic mass is 10.2. The van der Waals surface area contributed by atoms with E-state index in [1.807, 2.05) is 37.3 Å². The molecule has 0 atom stereocenters. The van der Waals surface area contributed by atoms with E-state index >= 15 is 0 Å². The van der Waals surface area contributed by atoms with Gasteiger partial charge in [0.25, 0.3) is 5.56 Å². The zero-order valence-corrected chi connectivity index (χ0v) is 9.64. The first-order chi connectivity index (χ1) is 8.31. The quantitative estimate of drug-likeness (QED) is 0.873. The molecule has 0 spiro atoms. The molecule has 1 heterocycles. The summed E-state index contributed by atoms with van der Waals surface area (Å²) in [6, 6.07) is 9.54. The van der Waals surface area contributed by atoms with Crippen LogP contribution in [0.5, 0.6) is 0 Å². The van der Waals surface area contributed by atoms with Gasteiger partial charge in [-0.15, -0.1) is 0 Å². The van der Waals surface area contributed by atoms with Crippen LogP contribution in [0, 0.1) is 0 Å². The second-order valence-electron chi connectivity index (χ2n) is 3.59. The highest BCUT2D eigenvalue weighted by Gasteiger charge is 2.03. The van der Waals surface area contributed by atoms with Crippen molar-refractivity contribution >= 4 is 0 Å². The van der Waals surface area contributed by atoms with Crippen LogP contribution in [-0.4, -0.2) is 16.6 Å². The van der Waals surface area contributed by atoms with E-state index in [0.717, 1.165) is 5.56 Å². The molecule has 0 saturated heterocycles. The lowest BCUT2D eigenvalue weighted by Gasteiger charge is -2.03. The molecule has 0 fully saturated rings. The van der Waals surface area contributed by atoms with Gasteiger partial charge in [-0.3, -0.25) is 4.79 Å². The van der Waals surface area contributed by atoms with Gasteiger partial charge in [0.15, 0.2) is 0 Å². The summed E-state index contributed by atoms with van der Waals surface area (Å²) in [6.45, 7) is 2.77. The normalized spacial score (nSPS) is 10.4. The number of H-pyrrole nitrogens is 1. The molecule has 0 amide bonds. The first-order valence-corrected chi connectivity index (χ1v) is 5.52. The number of aromatic nitrogens is 2. The van der Waals surface area contributed by atoms with Gasteiger partial charge in [0, 0.05) is 18.4 Å². The van der Waals surface area contributed by atoms with E-state index in [1.54, 1.807) is 6.20 Å². The molecule has 0 aliphatic rings. The largest absolute Gasteiger partial charge is 0.377 e. The van der Waals surface area contributed by atoms with E-state index < -0.39 is 0 Å². The lowest BCUT2D eigenvalue weighted by Crippen LogP contribution is -2.15. The van der Waals surface area contributed by atoms with Gasteiger partial charge in [0.1, 0.15) is 5.82 Å². The van der Waals surface area contributed by atoms with Crippen LogP contribution in [0.3, 0.4) is 0 Å². The lowest BCUT2D eigenvalue weighted by molar-refractivity contribution is 0.133. The van der Waals surface area contributed by atoms with Gasteiger partial charge in [0.05, 0.1) is 12.2 Å². The summed E-state index contributed by atoms with van der Waals surface area (Å²) in [5.41, 5.74) is 1.30. The first-order valence-electron chi connectivity index (χ1n) is 5.52. The van der Waals surface area contributed by atoms with Crippen molar-refractivity contribution in [1.29, 1.82) is 0 Å². The molecule has 0 aliphatic heterocycles. The van der Waals surface area contributed by atoms with Gasteiger partial charge in [-0.05, 0) is 6.92 Å². The second kappa shape index (κ2) is 5.41. The number of benzene rings is 1. The first kappa shape index (κ1) is 11.5. The van der Waals surface area contributed by atoms with Crippen LogP contribution in [0.25, 0.3) is 11.4 Å². The Morgan fingerprint density at radius 2 is 2.06 bits per heavy atom. The number of nitrogens with zero attached hydrogens (tertiary/aromatic N) is 1. The highest BCUT2D eigenvalue weighted by atomic mass is 16.5. The van der Waals surface area contributed by atoms with Crippen LogP contribution in [0.2, 0.25) is 0 Å². The summed E-state index contributed by atoms with van der Waals surface area (Å²) in [5, 5.41) is 0. The summed E-state index contributed by atoms with van der Waals surface area (Å²) in [4.78, 5) is 18.7. The molecule has 4 nitrogen and oxygen atoms in total. The molecule has 2 aromatic rings. The highest BCUT2D eigenvalue weighted by molar-refractivity contribution is 5.53. The molecule has 1 N–H and O–H groups in total. The summed E-state index contributed by atoms with van der Waals surface area (Å²) in [5.74, 6) is 0.579. The molecule has 0 aliphatic carbocycles. The van der Waals surface area contributed by atoms with Gasteiger partial charge >= 0.3 is 0 Å². The van der Waals surface area contributed by atoms with E-state index in [-0.39, 0.29) is 5.56 Å². The second-order valence-corrected chi connectivity index (χ2v) is 3.59. The summed E-state index contributed by atoms with van der Waals surface area (Å²) < 4.78 is 5.19. The van der Waals surface area contributed by atoms with Crippen molar-refractivity contribution in [3.05, 3.63) is 52.4 Å². The highest BCUT2D eigenvalue weighted by Crippen LogP contribution is 2.11. The monoisotopic (exact) mass is 230 g/mol. The van der Waals surface area contributed by atoms with Crippen LogP contribution in [0.15, 0.2) is 41.3 Å². The number of rotatable bonds is 4. The Hall–Kier alpha value is -1.94. The fourth-order valence-corrected chi connectivity index (χ4v) is 1.48. The molecule has 0 saturated carbocycles. The maximum atomic E-state index is 11.7. The number of nitrogens with one attached hydrogen (secondary N) is 1. The van der Waals surface area contributed by atoms with Gasteiger partial charge < -0.3 is 9.72 Å². The zero-order chi connectivity index (χ0) is 12.1. The zero-order valence-electron chi connectivity index (χ0n) is 9.64. The van der Waals surface area contributed by atoms with Gasteiger partial charge in [0.2, 0.25) is 0 Å². The van der Waals surface area contributed by atoms with Crippen molar-refractivity contribution in [2.45, 2.75) is 13.5 Å². The summed E-state index contributed by atoms with van der Waals surface area (Å²) in [7, 11) is 0. The van der Waals surface area contributed by atoms with E-state index in [0.29, 0.717) is 24.6 Å². The van der Waals surface area contributed by atoms with E-state index in [4.69, 9.17) is 4.74 Å². The smallest absolute Gasteiger partial charge is 0.256 e. The average molecular weight is 230 g/mol. The Morgan fingerprint density at radius 1 is 1.29 bits per heavy atom. The van der Waals surface area contributed by atoms with Crippen LogP contribution >= 0.6 is 0 Å². The molecular weight excluding hydrogens is 216 g/mol. The minimum absolute atomic E-state index is 0.146. The summed E-state index contributed by atoms with van der Waals surface area (Å²) in [6.07, 6.45) is 1.57. The van der Waals surface area contributed by atoms with Gasteiger partial charge in [-0.25, -0.2) is 4.98 Å². The van der Waals surface area contributed by atoms with Crippen molar-refractivity contribution in [2.24, 2.45) is 0 Å². The predicted octanol–water partition coefficient (Wildman–Crippen LogP) is 1.97. The molecule has 1 aromatic heterocycles. The van der Waals surface area contributed by atoms with E-state index in [9.17, 15) is 4.79 Å². The molecule has 2 rings (SSSR count).